The Kier molecular flexibility index (Phi) is 8.63. The summed E-state index contributed by atoms with van der Waals surface area (Å²) in [4.78, 5) is 11.5. The minimum Gasteiger partial charge on any atom is -0.456 e. The zero-order valence-electron chi connectivity index (χ0n) is 17.0. The topological polar surface area (TPSA) is 44.8 Å². The van der Waals surface area contributed by atoms with Crippen molar-refractivity contribution in [1.29, 1.82) is 0 Å². The van der Waals surface area contributed by atoms with Gasteiger partial charge < -0.3 is 4.74 Å². The summed E-state index contributed by atoms with van der Waals surface area (Å²) in [7, 11) is 0. The number of hydrogen-bond donors (Lipinski definition) is 0. The minimum atomic E-state index is -8.11. The lowest BCUT2D eigenvalue weighted by atomic mass is 10.2. The Balaban J connectivity index is 3.51. The van der Waals surface area contributed by atoms with Gasteiger partial charge in [-0.1, -0.05) is 12.1 Å². The highest BCUT2D eigenvalue weighted by Crippen LogP contribution is 2.56. The van der Waals surface area contributed by atoms with Crippen LogP contribution < -0.4 is 0 Å². The fourth-order valence-corrected chi connectivity index (χ4v) is 1.97. The fourth-order valence-electron chi connectivity index (χ4n) is 1.97. The summed E-state index contributed by atoms with van der Waals surface area (Å²) in [5.41, 5.74) is -0.552. The largest absolute Gasteiger partial charge is 0.462 e. The number of ether oxygens (including phenoxy) is 3. The molecule has 0 aliphatic rings. The first kappa shape index (κ1) is 33.4. The van der Waals surface area contributed by atoms with E-state index < -0.39 is 72.3 Å². The molecule has 1 rings (SSSR count). The lowest BCUT2D eigenvalue weighted by Gasteiger charge is -2.39. The van der Waals surface area contributed by atoms with E-state index >= 15 is 0 Å². The number of benzene rings is 1. The smallest absolute Gasteiger partial charge is 0.456 e. The van der Waals surface area contributed by atoms with Gasteiger partial charge in [-0.05, 0) is 17.7 Å². The van der Waals surface area contributed by atoms with E-state index in [0.29, 0.717) is 24.3 Å². The van der Waals surface area contributed by atoms with E-state index in [4.69, 9.17) is 0 Å². The van der Waals surface area contributed by atoms with Crippen LogP contribution in [0.4, 0.5) is 79.0 Å². The Labute approximate surface area is 196 Å². The minimum absolute atomic E-state index is 0.537. The third-order valence-corrected chi connectivity index (χ3v) is 3.91. The highest BCUT2D eigenvalue weighted by Gasteiger charge is 2.85. The van der Waals surface area contributed by atoms with Crippen molar-refractivity contribution in [2.75, 3.05) is 0 Å². The van der Waals surface area contributed by atoms with Crippen LogP contribution in [0.1, 0.15) is 5.56 Å². The molecule has 0 heterocycles. The second-order valence-electron chi connectivity index (χ2n) is 6.70. The molecular formula is C16H6F18O4. The van der Waals surface area contributed by atoms with Crippen LogP contribution in [0.3, 0.4) is 0 Å². The van der Waals surface area contributed by atoms with Crippen LogP contribution >= 0.6 is 0 Å². The average molecular weight is 604 g/mol. The first-order valence-electron chi connectivity index (χ1n) is 8.59. The zero-order valence-corrected chi connectivity index (χ0v) is 17.0. The van der Waals surface area contributed by atoms with E-state index in [9.17, 15) is 83.8 Å². The molecule has 4 nitrogen and oxygen atoms in total. The Hall–Kier alpha value is -2.65. The third kappa shape index (κ3) is 6.15. The molecule has 2 atom stereocenters. The van der Waals surface area contributed by atoms with Crippen molar-refractivity contribution >= 4 is 5.97 Å². The lowest BCUT2D eigenvalue weighted by Crippen LogP contribution is -2.68. The van der Waals surface area contributed by atoms with Crippen LogP contribution in [0.25, 0.3) is 0 Å². The second kappa shape index (κ2) is 9.83. The predicted octanol–water partition coefficient (Wildman–Crippen LogP) is 6.74. The van der Waals surface area contributed by atoms with Crippen molar-refractivity contribution in [2.24, 2.45) is 0 Å². The van der Waals surface area contributed by atoms with Crippen LogP contribution in [-0.4, -0.2) is 54.3 Å². The molecule has 220 valence electrons. The molecule has 0 spiro atoms. The van der Waals surface area contributed by atoms with Gasteiger partial charge in [0.2, 0.25) is 0 Å². The molecule has 22 heteroatoms. The van der Waals surface area contributed by atoms with Gasteiger partial charge in [-0.25, -0.2) is 9.18 Å². The van der Waals surface area contributed by atoms with E-state index in [1.54, 1.807) is 0 Å². The first-order valence-corrected chi connectivity index (χ1v) is 8.59. The van der Waals surface area contributed by atoms with Gasteiger partial charge in [0, 0.05) is 0 Å². The quantitative estimate of drug-likeness (QED) is 0.232. The molecule has 0 radical (unpaired) electrons. The summed E-state index contributed by atoms with van der Waals surface area (Å²) in [6.45, 7) is -1.61. The highest BCUT2D eigenvalue weighted by molar-refractivity contribution is 5.78. The number of carbonyl (C=O) groups is 1. The van der Waals surface area contributed by atoms with Crippen LogP contribution in [0.15, 0.2) is 24.3 Å². The van der Waals surface area contributed by atoms with Gasteiger partial charge in [-0.2, -0.15) is 74.6 Å². The summed E-state index contributed by atoms with van der Waals surface area (Å²) in [6.07, 6.45) is -38.9. The molecule has 1 aromatic carbocycles. The van der Waals surface area contributed by atoms with E-state index in [0.717, 1.165) is 0 Å². The van der Waals surface area contributed by atoms with Gasteiger partial charge >= 0.3 is 54.3 Å². The molecule has 0 fully saturated rings. The van der Waals surface area contributed by atoms with Crippen molar-refractivity contribution in [3.8, 4) is 0 Å². The van der Waals surface area contributed by atoms with E-state index in [2.05, 4.69) is 4.74 Å². The Morgan fingerprint density at radius 3 is 1.42 bits per heavy atom. The summed E-state index contributed by atoms with van der Waals surface area (Å²) in [5.74, 6) is -27.8. The molecule has 1 aromatic rings. The third-order valence-electron chi connectivity index (χ3n) is 3.91. The van der Waals surface area contributed by atoms with Gasteiger partial charge in [-0.15, -0.1) is 0 Å². The van der Waals surface area contributed by atoms with E-state index in [-0.39, 0.29) is 0 Å². The standard InChI is InChI=1S/C16H6F18O4/c17-7-3-1-6(2-4-7)5-36-8(35)9(18,12(22,23)24)37-16(33,34)11(21,14(28,29)30)38-15(31,32)10(19,20)13(25,26)27/h1-4H,5H2/t9-,11-/m1/s1. The van der Waals surface area contributed by atoms with Crippen LogP contribution in [0.2, 0.25) is 0 Å². The lowest BCUT2D eigenvalue weighted by molar-refractivity contribution is -0.548. The van der Waals surface area contributed by atoms with Gasteiger partial charge in [0.1, 0.15) is 12.4 Å². The summed E-state index contributed by atoms with van der Waals surface area (Å²) < 4.78 is 241. The molecule has 0 bridgehead atoms. The van der Waals surface area contributed by atoms with Crippen molar-refractivity contribution in [1.82, 2.24) is 0 Å². The number of carbonyl (C=O) groups excluding carboxylic acids is 1. The molecule has 0 unspecified atom stereocenters. The van der Waals surface area contributed by atoms with Crippen molar-refractivity contribution in [2.45, 2.75) is 55.0 Å². The Morgan fingerprint density at radius 1 is 0.605 bits per heavy atom. The zero-order chi connectivity index (χ0) is 30.4. The predicted molar refractivity (Wildman–Crippen MR) is 79.1 cm³/mol. The number of rotatable bonds is 9. The molecule has 0 saturated heterocycles. The van der Waals surface area contributed by atoms with Gasteiger partial charge in [0.15, 0.2) is 0 Å². The summed E-state index contributed by atoms with van der Waals surface area (Å²) in [6, 6.07) is 2.29. The van der Waals surface area contributed by atoms with Crippen LogP contribution in [0, 0.1) is 5.82 Å². The van der Waals surface area contributed by atoms with Gasteiger partial charge in [0.25, 0.3) is 0 Å². The van der Waals surface area contributed by atoms with E-state index in [1.165, 1.54) is 4.74 Å². The van der Waals surface area contributed by atoms with E-state index in [1.807, 2.05) is 4.74 Å². The molecule has 38 heavy (non-hydrogen) atoms. The summed E-state index contributed by atoms with van der Waals surface area (Å²) in [5, 5.41) is 0. The first-order chi connectivity index (χ1) is 16.6. The monoisotopic (exact) mass is 604 g/mol. The van der Waals surface area contributed by atoms with Crippen molar-refractivity contribution in [3.63, 3.8) is 0 Å². The molecule has 0 amide bonds. The van der Waals surface area contributed by atoms with Crippen molar-refractivity contribution in [3.05, 3.63) is 35.6 Å². The molecule has 0 saturated carbocycles. The van der Waals surface area contributed by atoms with Crippen molar-refractivity contribution < 1.29 is 98.0 Å². The van der Waals surface area contributed by atoms with Crippen LogP contribution in [0.5, 0.6) is 0 Å². The SMILES string of the molecule is O=C(OCc1ccc(F)cc1)[C@@](F)(OC(F)(F)[C@](F)(OC(F)(F)C(F)(F)C(F)(F)F)C(F)(F)F)C(F)(F)F. The maximum atomic E-state index is 14.3. The van der Waals surface area contributed by atoms with Gasteiger partial charge in [0.05, 0.1) is 0 Å². The maximum absolute atomic E-state index is 14.3. The Bertz CT molecular complexity index is 982. The second-order valence-corrected chi connectivity index (χ2v) is 6.70. The molecule has 0 aliphatic carbocycles. The molecular weight excluding hydrogens is 598 g/mol. The Morgan fingerprint density at radius 2 is 1.05 bits per heavy atom. The maximum Gasteiger partial charge on any atom is 0.462 e. The van der Waals surface area contributed by atoms with Gasteiger partial charge in [-0.3, -0.25) is 9.47 Å². The molecule has 0 N–H and O–H groups in total. The number of halogens is 18. The highest BCUT2D eigenvalue weighted by atomic mass is 19.4. The number of esters is 1. The fraction of sp³-hybridized carbons (Fsp3) is 0.562. The number of alkyl halides is 17. The average Bonchev–Trinajstić information content (AvgIpc) is 2.69. The number of hydrogen-bond acceptors (Lipinski definition) is 4. The molecule has 0 aliphatic heterocycles. The normalized spacial score (nSPS) is 17.5. The van der Waals surface area contributed by atoms with Crippen LogP contribution in [-0.2, 0) is 25.6 Å². The molecule has 0 aromatic heterocycles. The summed E-state index contributed by atoms with van der Waals surface area (Å²) >= 11 is 0.